The van der Waals surface area contributed by atoms with Gasteiger partial charge in [0.2, 0.25) is 5.91 Å². The molecule has 1 atom stereocenters. The number of hydrogen-bond donors (Lipinski definition) is 0. The molecule has 2 fully saturated rings. The molecule has 14 heteroatoms. The Morgan fingerprint density at radius 2 is 1.78 bits per heavy atom. The number of thioether (sulfide) groups is 1. The van der Waals surface area contributed by atoms with Gasteiger partial charge < -0.3 is 14.0 Å². The number of alkyl halides is 3. The Balaban J connectivity index is 1.34. The van der Waals surface area contributed by atoms with Gasteiger partial charge >= 0.3 is 15.6 Å². The molecule has 1 saturated carbocycles. The van der Waals surface area contributed by atoms with Crippen molar-refractivity contribution in [1.82, 2.24) is 4.90 Å². The van der Waals surface area contributed by atoms with Crippen LogP contribution in [0.25, 0.3) is 0 Å². The molecule has 2 aromatic carbocycles. The number of hydrogen-bond acceptors (Lipinski definition) is 7. The van der Waals surface area contributed by atoms with E-state index in [0.29, 0.717) is 29.8 Å². The average Bonchev–Trinajstić information content (AvgIpc) is 3.58. The lowest BCUT2D eigenvalue weighted by Crippen LogP contribution is -2.52. The number of halogens is 5. The third-order valence-electron chi connectivity index (χ3n) is 6.52. The van der Waals surface area contributed by atoms with Gasteiger partial charge in [0, 0.05) is 48.4 Å². The molecule has 0 bridgehead atoms. The van der Waals surface area contributed by atoms with Crippen molar-refractivity contribution in [3.63, 3.8) is 0 Å². The molecule has 3 aliphatic rings. The molecule has 37 heavy (non-hydrogen) atoms. The van der Waals surface area contributed by atoms with Gasteiger partial charge in [0.05, 0.1) is 22.4 Å². The van der Waals surface area contributed by atoms with E-state index in [1.807, 2.05) is 34.1 Å². The Labute approximate surface area is 226 Å². The van der Waals surface area contributed by atoms with E-state index in [2.05, 4.69) is 9.08 Å². The molecule has 0 N–H and O–H groups in total. The Morgan fingerprint density at radius 1 is 1.08 bits per heavy atom. The van der Waals surface area contributed by atoms with Crippen LogP contribution in [0.4, 0.5) is 24.5 Å². The van der Waals surface area contributed by atoms with Crippen molar-refractivity contribution in [1.29, 1.82) is 0 Å². The van der Waals surface area contributed by atoms with Crippen LogP contribution in [0.3, 0.4) is 0 Å². The Hall–Kier alpha value is -1.86. The van der Waals surface area contributed by atoms with E-state index in [1.54, 1.807) is 11.8 Å². The van der Waals surface area contributed by atoms with E-state index in [0.717, 1.165) is 36.8 Å². The number of rotatable bonds is 6. The highest BCUT2D eigenvalue weighted by Crippen LogP contribution is 2.41. The number of anilines is 2. The summed E-state index contributed by atoms with van der Waals surface area (Å²) in [6, 6.07) is 10.2. The molecule has 5 rings (SSSR count). The second kappa shape index (κ2) is 10.0. The minimum atomic E-state index is -5.90. The van der Waals surface area contributed by atoms with Crippen LogP contribution in [-0.2, 0) is 21.5 Å². The first kappa shape index (κ1) is 26.7. The maximum absolute atomic E-state index is 13.7. The number of carbonyl (C=O) groups excluding carboxylic acids is 1. The lowest BCUT2D eigenvalue weighted by molar-refractivity contribution is -0.122. The van der Waals surface area contributed by atoms with Gasteiger partial charge in [-0.15, -0.1) is 11.8 Å². The Morgan fingerprint density at radius 3 is 2.46 bits per heavy atom. The maximum atomic E-state index is 13.7. The maximum Gasteiger partial charge on any atom is 0.534 e. The molecule has 2 aromatic rings. The van der Waals surface area contributed by atoms with Gasteiger partial charge in [-0.1, -0.05) is 35.3 Å². The summed E-state index contributed by atoms with van der Waals surface area (Å²) in [4.78, 5) is 19.8. The van der Waals surface area contributed by atoms with Crippen LogP contribution in [0.5, 0.6) is 5.75 Å². The first-order valence-corrected chi connectivity index (χ1v) is 14.8. The van der Waals surface area contributed by atoms with E-state index in [1.165, 1.54) is 6.07 Å². The van der Waals surface area contributed by atoms with Crippen molar-refractivity contribution in [2.24, 2.45) is 0 Å². The fraction of sp³-hybridized carbons (Fsp3) is 0.435. The fourth-order valence-corrected chi connectivity index (χ4v) is 6.70. The second-order valence-corrected chi connectivity index (χ2v) is 12.4. The average molecular weight is 596 g/mol. The lowest BCUT2D eigenvalue weighted by Gasteiger charge is -2.39. The summed E-state index contributed by atoms with van der Waals surface area (Å²) in [6.45, 7) is 1.53. The van der Waals surface area contributed by atoms with Crippen molar-refractivity contribution >= 4 is 62.4 Å². The smallest absolute Gasteiger partial charge is 0.374 e. The Kier molecular flexibility index (Phi) is 7.25. The van der Waals surface area contributed by atoms with Crippen LogP contribution in [0.1, 0.15) is 18.4 Å². The van der Waals surface area contributed by atoms with Gasteiger partial charge in [-0.25, -0.2) is 0 Å². The van der Waals surface area contributed by atoms with Crippen LogP contribution in [0.15, 0.2) is 36.4 Å². The van der Waals surface area contributed by atoms with Crippen LogP contribution in [-0.4, -0.2) is 61.5 Å². The summed E-state index contributed by atoms with van der Waals surface area (Å²) < 4.78 is 65.0. The number of amides is 1. The SMILES string of the molecule is O=C([C@@H]1CSCN1Cc1cc(Cl)c(OS(=O)(=O)C(F)(F)F)cc1Cl)N1CCN(C2CC2)c2ccccc21. The van der Waals surface area contributed by atoms with Crippen molar-refractivity contribution in [2.75, 3.05) is 34.5 Å². The lowest BCUT2D eigenvalue weighted by atomic mass is 10.1. The summed E-state index contributed by atoms with van der Waals surface area (Å²) >= 11 is 13.9. The molecule has 0 unspecified atom stereocenters. The largest absolute Gasteiger partial charge is 0.534 e. The molecule has 2 heterocycles. The third kappa shape index (κ3) is 5.36. The number of carbonyl (C=O) groups is 1. The van der Waals surface area contributed by atoms with E-state index >= 15 is 0 Å². The van der Waals surface area contributed by atoms with Gasteiger partial charge in [-0.2, -0.15) is 21.6 Å². The van der Waals surface area contributed by atoms with Gasteiger partial charge in [0.25, 0.3) is 0 Å². The van der Waals surface area contributed by atoms with Gasteiger partial charge in [-0.05, 0) is 36.6 Å². The minimum Gasteiger partial charge on any atom is -0.374 e. The molecular weight excluding hydrogens is 574 g/mol. The molecule has 200 valence electrons. The molecule has 1 aliphatic carbocycles. The zero-order valence-electron chi connectivity index (χ0n) is 19.2. The van der Waals surface area contributed by atoms with Crippen LogP contribution in [0, 0.1) is 0 Å². The second-order valence-electron chi connectivity index (χ2n) is 9.02. The van der Waals surface area contributed by atoms with Crippen molar-refractivity contribution in [2.45, 2.75) is 37.0 Å². The highest BCUT2D eigenvalue weighted by Gasteiger charge is 2.49. The summed E-state index contributed by atoms with van der Waals surface area (Å²) in [5.74, 6) is 0.349. The molecule has 0 aromatic heterocycles. The first-order chi connectivity index (χ1) is 17.5. The summed E-state index contributed by atoms with van der Waals surface area (Å²) in [5.41, 5.74) is -3.23. The highest BCUT2D eigenvalue weighted by molar-refractivity contribution is 7.99. The molecular formula is C23H22Cl2F3N3O4S2. The zero-order chi connectivity index (χ0) is 26.5. The van der Waals surface area contributed by atoms with E-state index in [9.17, 15) is 26.4 Å². The van der Waals surface area contributed by atoms with Crippen molar-refractivity contribution < 1.29 is 30.6 Å². The number of fused-ring (bicyclic) bond motifs is 1. The minimum absolute atomic E-state index is 0.0248. The Bertz CT molecular complexity index is 1320. The van der Waals surface area contributed by atoms with Crippen LogP contribution in [0.2, 0.25) is 10.0 Å². The summed E-state index contributed by atoms with van der Waals surface area (Å²) in [5, 5.41) is -0.365. The van der Waals surface area contributed by atoms with E-state index in [-0.39, 0.29) is 22.5 Å². The molecule has 2 aliphatic heterocycles. The van der Waals surface area contributed by atoms with E-state index < -0.39 is 27.4 Å². The summed E-state index contributed by atoms with van der Waals surface area (Å²) in [7, 11) is -5.90. The molecule has 0 spiro atoms. The van der Waals surface area contributed by atoms with Gasteiger partial charge in [0.1, 0.15) is 0 Å². The normalized spacial score (nSPS) is 20.7. The predicted molar refractivity (Wildman–Crippen MR) is 138 cm³/mol. The fourth-order valence-electron chi connectivity index (χ4n) is 4.56. The quantitative estimate of drug-likeness (QED) is 0.339. The molecule has 1 saturated heterocycles. The molecule has 7 nitrogen and oxygen atoms in total. The monoisotopic (exact) mass is 595 g/mol. The molecule has 1 amide bonds. The van der Waals surface area contributed by atoms with Crippen LogP contribution >= 0.6 is 35.0 Å². The summed E-state index contributed by atoms with van der Waals surface area (Å²) in [6.07, 6.45) is 2.31. The first-order valence-electron chi connectivity index (χ1n) is 11.4. The number of para-hydroxylation sites is 2. The highest BCUT2D eigenvalue weighted by atomic mass is 35.5. The van der Waals surface area contributed by atoms with Crippen molar-refractivity contribution in [3.8, 4) is 5.75 Å². The standard InChI is InChI=1S/C23H22Cl2F3N3O4S2/c24-16-10-21(35-37(33,34)23(26,27)28)17(25)9-14(16)11-29-13-36-12-20(29)22(32)31-8-7-30(15-5-6-15)18-3-1-2-4-19(18)31/h1-4,9-10,15,20H,5-8,11-13H2/t20-/m0/s1. The molecule has 0 radical (unpaired) electrons. The van der Waals surface area contributed by atoms with Gasteiger partial charge in [0.15, 0.2) is 5.75 Å². The van der Waals surface area contributed by atoms with Crippen LogP contribution < -0.4 is 14.0 Å². The topological polar surface area (TPSA) is 70.2 Å². The zero-order valence-corrected chi connectivity index (χ0v) is 22.4. The van der Waals surface area contributed by atoms with E-state index in [4.69, 9.17) is 23.2 Å². The predicted octanol–water partition coefficient (Wildman–Crippen LogP) is 5.11. The van der Waals surface area contributed by atoms with Gasteiger partial charge in [-0.3, -0.25) is 9.69 Å². The third-order valence-corrected chi connectivity index (χ3v) is 9.19. The number of benzene rings is 2. The van der Waals surface area contributed by atoms with Crippen molar-refractivity contribution in [3.05, 3.63) is 52.0 Å². The number of nitrogens with zero attached hydrogens (tertiary/aromatic N) is 3.